The van der Waals surface area contributed by atoms with Crippen molar-refractivity contribution >= 4 is 78.9 Å². The fourth-order valence-electron chi connectivity index (χ4n) is 6.11. The molecule has 16 nitrogen and oxygen atoms in total. The van der Waals surface area contributed by atoms with Gasteiger partial charge in [0.05, 0.1) is 63.6 Å². The van der Waals surface area contributed by atoms with Gasteiger partial charge >= 0.3 is 35.8 Å². The fraction of sp³-hybridized carbons (Fsp3) is 0.880. The molecule has 0 N–H and O–H groups in total. The van der Waals surface area contributed by atoms with Crippen LogP contribution in [0.2, 0.25) is 18.1 Å². The Labute approximate surface area is 437 Å². The van der Waals surface area contributed by atoms with Gasteiger partial charge in [-0.3, -0.25) is 28.8 Å². The highest BCUT2D eigenvalue weighted by Gasteiger charge is 2.47. The number of halogens is 3. The summed E-state index contributed by atoms with van der Waals surface area (Å²) in [5.41, 5.74) is -4.39. The van der Waals surface area contributed by atoms with E-state index in [1.54, 1.807) is 62.3 Å². The summed E-state index contributed by atoms with van der Waals surface area (Å²) in [6.45, 7) is 36.9. The third kappa shape index (κ3) is 26.6. The van der Waals surface area contributed by atoms with Crippen molar-refractivity contribution in [2.24, 2.45) is 16.2 Å². The molecule has 0 aromatic heterocycles. The molecule has 0 fully saturated rings. The Kier molecular flexibility index (Phi) is 36.8. The molecule has 0 aliphatic heterocycles. The van der Waals surface area contributed by atoms with Crippen molar-refractivity contribution in [1.82, 2.24) is 0 Å². The van der Waals surface area contributed by atoms with E-state index in [0.29, 0.717) is 37.6 Å². The first-order valence-corrected chi connectivity index (χ1v) is 29.2. The highest BCUT2D eigenvalue weighted by Crippen LogP contribution is 2.39. The zero-order chi connectivity index (χ0) is 55.2. The van der Waals surface area contributed by atoms with Crippen LogP contribution in [-0.2, 0) is 75.8 Å². The minimum atomic E-state index is -1.99. The molecule has 0 bridgehead atoms. The molecular weight excluding hydrogens is 991 g/mol. The zero-order valence-electron chi connectivity index (χ0n) is 46.3. The van der Waals surface area contributed by atoms with Gasteiger partial charge in [-0.1, -0.05) is 20.8 Å². The molecule has 70 heavy (non-hydrogen) atoms. The standard InChI is InChI=1S/C18H35ClO5Si.C16H29ClO6.C16H29ClO5/c1-9-22-15(20)18(6,16(21)23-10-2)12-11-14(13-19)24-25(7,8)17(3,4)5;1-6-20-12(4)23-13(11-17)9-10-16(5,14(18)21-7-2)15(19)22-8-3;1-7-20-13(18)16(6,14(19)21-8-2)10-9-12(11-17)22-15(3,4)5/h14H,9-13H2,1-8H3;12-13H,6-11H2,1-5H3;12H,7-11H2,1-6H3/t14-;12?,13-;12-/m000/s1. The minimum absolute atomic E-state index is 0.0584. The number of rotatable bonds is 31. The zero-order valence-corrected chi connectivity index (χ0v) is 49.6. The number of esters is 6. The smallest absolute Gasteiger partial charge is 0.323 e. The molecule has 0 aliphatic carbocycles. The van der Waals surface area contributed by atoms with Gasteiger partial charge in [0.2, 0.25) is 0 Å². The van der Waals surface area contributed by atoms with Crippen LogP contribution < -0.4 is 0 Å². The first kappa shape index (κ1) is 72.0. The summed E-state index contributed by atoms with van der Waals surface area (Å²) in [5.74, 6) is -2.61. The Bertz CT molecular complexity index is 1460. The predicted octanol–water partition coefficient (Wildman–Crippen LogP) is 10.8. The maximum absolute atomic E-state index is 12.3. The third-order valence-electron chi connectivity index (χ3n) is 11.3. The SMILES string of the molecule is CCOC(=O)C(C)(CC[C@@H](CCl)OC(C)(C)C)C(=O)OCC.CCOC(=O)C(C)(CC[C@@H](CCl)OC(C)OCC)C(=O)OCC.CCOC(=O)C(C)(CC[C@@H](CCl)O[Si](C)(C)C(C)(C)C)C(=O)OCC. The van der Waals surface area contributed by atoms with Crippen LogP contribution in [0.25, 0.3) is 0 Å². The molecule has 0 spiro atoms. The number of ether oxygens (including phenoxy) is 9. The van der Waals surface area contributed by atoms with Crippen LogP contribution >= 0.6 is 34.8 Å². The molecule has 0 aromatic carbocycles. The monoisotopic (exact) mass is 1080 g/mol. The van der Waals surface area contributed by atoms with Gasteiger partial charge in [-0.15, -0.1) is 34.8 Å². The molecule has 0 saturated heterocycles. The van der Waals surface area contributed by atoms with Gasteiger partial charge in [-0.05, 0) is 154 Å². The summed E-state index contributed by atoms with van der Waals surface area (Å²) in [6, 6.07) is 0. The fourth-order valence-corrected chi connectivity index (χ4v) is 8.26. The molecule has 0 rings (SSSR count). The number of hydrogen-bond donors (Lipinski definition) is 0. The van der Waals surface area contributed by atoms with Crippen LogP contribution in [0.1, 0.15) is 156 Å². The molecule has 20 heteroatoms. The second kappa shape index (κ2) is 35.8. The normalized spacial score (nSPS) is 14.0. The molecule has 0 saturated carbocycles. The average molecular weight is 1080 g/mol. The lowest BCUT2D eigenvalue weighted by atomic mass is 9.84. The van der Waals surface area contributed by atoms with Crippen LogP contribution in [0.4, 0.5) is 0 Å². The van der Waals surface area contributed by atoms with Crippen molar-refractivity contribution in [3.05, 3.63) is 0 Å². The molecule has 0 heterocycles. The summed E-state index contributed by atoms with van der Waals surface area (Å²) in [6.07, 6.45) is 0.932. The molecule has 4 atom stereocenters. The lowest BCUT2D eigenvalue weighted by Gasteiger charge is -2.39. The maximum Gasteiger partial charge on any atom is 0.323 e. The maximum atomic E-state index is 12.3. The Morgan fingerprint density at radius 3 is 0.943 bits per heavy atom. The first-order valence-electron chi connectivity index (χ1n) is 24.6. The highest BCUT2D eigenvalue weighted by atomic mass is 35.5. The molecule has 0 aliphatic rings. The van der Waals surface area contributed by atoms with E-state index >= 15 is 0 Å². The number of carbonyl (C=O) groups is 6. The molecule has 0 aromatic rings. The highest BCUT2D eigenvalue weighted by molar-refractivity contribution is 6.74. The number of hydrogen-bond acceptors (Lipinski definition) is 16. The van der Waals surface area contributed by atoms with E-state index in [1.165, 1.54) is 6.92 Å². The largest absolute Gasteiger partial charge is 0.465 e. The van der Waals surface area contributed by atoms with Crippen molar-refractivity contribution in [1.29, 1.82) is 0 Å². The molecule has 0 radical (unpaired) electrons. The Morgan fingerprint density at radius 1 is 0.443 bits per heavy atom. The van der Waals surface area contributed by atoms with E-state index in [4.69, 9.17) is 81.9 Å². The second-order valence-electron chi connectivity index (χ2n) is 19.5. The summed E-state index contributed by atoms with van der Waals surface area (Å²) in [5, 5.41) is 0.0584. The minimum Gasteiger partial charge on any atom is -0.465 e. The molecule has 414 valence electrons. The van der Waals surface area contributed by atoms with Crippen LogP contribution in [-0.4, -0.2) is 138 Å². The van der Waals surface area contributed by atoms with E-state index < -0.39 is 66.7 Å². The summed E-state index contributed by atoms with van der Waals surface area (Å²) in [7, 11) is -1.99. The van der Waals surface area contributed by atoms with Crippen molar-refractivity contribution in [3.8, 4) is 0 Å². The first-order chi connectivity index (χ1) is 32.3. The number of alkyl halides is 3. The van der Waals surface area contributed by atoms with Crippen molar-refractivity contribution in [2.45, 2.75) is 205 Å². The van der Waals surface area contributed by atoms with Gasteiger partial charge in [0.15, 0.2) is 30.9 Å². The van der Waals surface area contributed by atoms with Crippen LogP contribution in [0.15, 0.2) is 0 Å². The van der Waals surface area contributed by atoms with Gasteiger partial charge in [-0.2, -0.15) is 0 Å². The van der Waals surface area contributed by atoms with Gasteiger partial charge in [0, 0.05) is 24.2 Å². The van der Waals surface area contributed by atoms with Crippen molar-refractivity contribution in [2.75, 3.05) is 63.9 Å². The predicted molar refractivity (Wildman–Crippen MR) is 277 cm³/mol. The quantitative estimate of drug-likeness (QED) is 0.0159. The van der Waals surface area contributed by atoms with E-state index in [9.17, 15) is 28.8 Å². The van der Waals surface area contributed by atoms with Crippen LogP contribution in [0.5, 0.6) is 0 Å². The van der Waals surface area contributed by atoms with Gasteiger partial charge in [0.1, 0.15) is 0 Å². The van der Waals surface area contributed by atoms with Gasteiger partial charge in [-0.25, -0.2) is 0 Å². The Hall–Kier alpha value is -2.25. The van der Waals surface area contributed by atoms with Crippen LogP contribution in [0.3, 0.4) is 0 Å². The molecule has 1 unspecified atom stereocenters. The summed E-state index contributed by atoms with van der Waals surface area (Å²) in [4.78, 5) is 73.4. The summed E-state index contributed by atoms with van der Waals surface area (Å²) < 4.78 is 53.4. The number of carbonyl (C=O) groups excluding carboxylic acids is 6. The van der Waals surface area contributed by atoms with E-state index in [-0.39, 0.29) is 93.7 Å². The third-order valence-corrected chi connectivity index (χ3v) is 16.9. The van der Waals surface area contributed by atoms with Crippen LogP contribution in [0, 0.1) is 16.2 Å². The lowest BCUT2D eigenvalue weighted by Crippen LogP contribution is -2.45. The second-order valence-corrected chi connectivity index (χ2v) is 25.2. The van der Waals surface area contributed by atoms with Crippen molar-refractivity contribution < 1.29 is 75.8 Å². The Morgan fingerprint density at radius 2 is 0.714 bits per heavy atom. The van der Waals surface area contributed by atoms with Gasteiger partial charge in [0.25, 0.3) is 0 Å². The Balaban J connectivity index is -0.000000964. The van der Waals surface area contributed by atoms with E-state index in [2.05, 4.69) is 33.9 Å². The van der Waals surface area contributed by atoms with Crippen molar-refractivity contribution in [3.63, 3.8) is 0 Å². The summed E-state index contributed by atoms with van der Waals surface area (Å²) >= 11 is 17.9. The lowest BCUT2D eigenvalue weighted by molar-refractivity contribution is -0.175. The van der Waals surface area contributed by atoms with Gasteiger partial charge < -0.3 is 47.1 Å². The van der Waals surface area contributed by atoms with E-state index in [0.717, 1.165) is 0 Å². The molecule has 0 amide bonds. The topological polar surface area (TPSA) is 195 Å². The average Bonchev–Trinajstić information content (AvgIpc) is 3.27. The van der Waals surface area contributed by atoms with E-state index in [1.807, 2.05) is 27.7 Å². The molecular formula is C50H93Cl3O16Si.